The molecule has 0 amide bonds. The molecule has 3 aromatic rings. The van der Waals surface area contributed by atoms with E-state index in [4.69, 9.17) is 0 Å². The lowest BCUT2D eigenvalue weighted by Crippen LogP contribution is -2.11. The van der Waals surface area contributed by atoms with Gasteiger partial charge < -0.3 is 4.90 Å². The molecule has 2 heterocycles. The van der Waals surface area contributed by atoms with Crippen molar-refractivity contribution in [3.8, 4) is 0 Å². The molecule has 21 heavy (non-hydrogen) atoms. The third-order valence-corrected chi connectivity index (χ3v) is 3.27. The van der Waals surface area contributed by atoms with Crippen LogP contribution in [0.5, 0.6) is 0 Å². The van der Waals surface area contributed by atoms with Crippen LogP contribution in [-0.4, -0.2) is 21.9 Å². The van der Waals surface area contributed by atoms with E-state index in [1.165, 1.54) is 6.07 Å². The van der Waals surface area contributed by atoms with Gasteiger partial charge in [0.05, 0.1) is 16.8 Å². The third kappa shape index (κ3) is 2.38. The van der Waals surface area contributed by atoms with E-state index in [0.717, 1.165) is 11.1 Å². The van der Waals surface area contributed by atoms with Crippen LogP contribution in [0.3, 0.4) is 0 Å². The minimum Gasteiger partial charge on any atom is -0.338 e. The van der Waals surface area contributed by atoms with Gasteiger partial charge in [-0.25, -0.2) is 9.97 Å². The maximum absolute atomic E-state index is 11.1. The van der Waals surface area contributed by atoms with Crippen molar-refractivity contribution >= 4 is 28.1 Å². The summed E-state index contributed by atoms with van der Waals surface area (Å²) in [4.78, 5) is 20.9. The molecule has 104 valence electrons. The first-order valence-corrected chi connectivity index (χ1v) is 6.35. The lowest BCUT2D eigenvalue weighted by atomic mass is 10.2. The molecule has 0 aliphatic carbocycles. The number of hydrogen-bond acceptors (Lipinski definition) is 5. The Morgan fingerprint density at radius 1 is 1.14 bits per heavy atom. The molecule has 0 aliphatic rings. The minimum atomic E-state index is -0.387. The third-order valence-electron chi connectivity index (χ3n) is 3.27. The van der Waals surface area contributed by atoms with E-state index in [2.05, 4.69) is 9.97 Å². The second kappa shape index (κ2) is 5.16. The fourth-order valence-electron chi connectivity index (χ4n) is 2.18. The van der Waals surface area contributed by atoms with Gasteiger partial charge in [-0.2, -0.15) is 0 Å². The lowest BCUT2D eigenvalue weighted by Gasteiger charge is -2.19. The first-order chi connectivity index (χ1) is 10.2. The van der Waals surface area contributed by atoms with Gasteiger partial charge in [0.2, 0.25) is 0 Å². The van der Waals surface area contributed by atoms with Crippen molar-refractivity contribution in [1.29, 1.82) is 0 Å². The summed E-state index contributed by atoms with van der Waals surface area (Å²) in [6, 6.07) is 12.3. The summed E-state index contributed by atoms with van der Waals surface area (Å²) in [5.41, 5.74) is 2.00. The maximum Gasteiger partial charge on any atom is 0.292 e. The fourth-order valence-corrected chi connectivity index (χ4v) is 2.18. The number of aromatic nitrogens is 2. The number of fused-ring (bicyclic) bond motifs is 1. The number of hydrogen-bond donors (Lipinski definition) is 0. The van der Waals surface area contributed by atoms with Crippen LogP contribution in [0.15, 0.2) is 54.9 Å². The summed E-state index contributed by atoms with van der Waals surface area (Å²) in [6.07, 6.45) is 3.34. The monoisotopic (exact) mass is 280 g/mol. The normalized spacial score (nSPS) is 10.5. The van der Waals surface area contributed by atoms with Crippen molar-refractivity contribution in [1.82, 2.24) is 9.97 Å². The quantitative estimate of drug-likeness (QED) is 0.543. The standard InChI is InChI=1S/C15H12N4O2/c1-18(13-6-2-3-7-14(13)19(20)21)12-9-11-5-4-8-16-15(11)17-10-12/h2-10H,1H3. The first kappa shape index (κ1) is 13.0. The number of pyridine rings is 2. The Labute approximate surface area is 120 Å². The molecule has 0 fully saturated rings. The van der Waals surface area contributed by atoms with Gasteiger partial charge in [-0.3, -0.25) is 10.1 Å². The van der Waals surface area contributed by atoms with E-state index in [9.17, 15) is 10.1 Å². The summed E-state index contributed by atoms with van der Waals surface area (Å²) in [7, 11) is 1.78. The van der Waals surface area contributed by atoms with Gasteiger partial charge in [0.15, 0.2) is 5.65 Å². The van der Waals surface area contributed by atoms with Crippen molar-refractivity contribution in [2.75, 3.05) is 11.9 Å². The summed E-state index contributed by atoms with van der Waals surface area (Å²) >= 11 is 0. The number of nitrogens with zero attached hydrogens (tertiary/aromatic N) is 4. The molecule has 0 radical (unpaired) electrons. The molecule has 0 N–H and O–H groups in total. The SMILES string of the molecule is CN(c1cnc2ncccc2c1)c1ccccc1[N+](=O)[O-]. The molecule has 0 unspecified atom stereocenters. The zero-order chi connectivity index (χ0) is 14.8. The van der Waals surface area contributed by atoms with Crippen molar-refractivity contribution in [2.24, 2.45) is 0 Å². The molecular weight excluding hydrogens is 268 g/mol. The van der Waals surface area contributed by atoms with Crippen LogP contribution < -0.4 is 4.90 Å². The lowest BCUT2D eigenvalue weighted by molar-refractivity contribution is -0.384. The Balaban J connectivity index is 2.08. The van der Waals surface area contributed by atoms with Crippen LogP contribution in [-0.2, 0) is 0 Å². The minimum absolute atomic E-state index is 0.0614. The van der Waals surface area contributed by atoms with E-state index in [-0.39, 0.29) is 10.6 Å². The molecule has 3 rings (SSSR count). The number of para-hydroxylation sites is 2. The van der Waals surface area contributed by atoms with Crippen LogP contribution in [0.1, 0.15) is 0 Å². The highest BCUT2D eigenvalue weighted by Gasteiger charge is 2.17. The fraction of sp³-hybridized carbons (Fsp3) is 0.0667. The average molecular weight is 280 g/mol. The van der Waals surface area contributed by atoms with Crippen molar-refractivity contribution in [3.63, 3.8) is 0 Å². The van der Waals surface area contributed by atoms with Gasteiger partial charge in [0, 0.05) is 24.7 Å². The molecule has 0 atom stereocenters. The predicted octanol–water partition coefficient (Wildman–Crippen LogP) is 3.31. The number of benzene rings is 1. The molecule has 0 bridgehead atoms. The highest BCUT2D eigenvalue weighted by Crippen LogP contribution is 2.32. The summed E-state index contributed by atoms with van der Waals surface area (Å²) in [5.74, 6) is 0. The van der Waals surface area contributed by atoms with E-state index in [0.29, 0.717) is 11.3 Å². The highest BCUT2D eigenvalue weighted by atomic mass is 16.6. The Morgan fingerprint density at radius 3 is 2.76 bits per heavy atom. The largest absolute Gasteiger partial charge is 0.338 e. The van der Waals surface area contributed by atoms with Crippen LogP contribution in [0.4, 0.5) is 17.1 Å². The first-order valence-electron chi connectivity index (χ1n) is 6.35. The zero-order valence-electron chi connectivity index (χ0n) is 11.3. The number of anilines is 2. The van der Waals surface area contributed by atoms with Crippen molar-refractivity contribution in [2.45, 2.75) is 0 Å². The summed E-state index contributed by atoms with van der Waals surface area (Å²) in [6.45, 7) is 0. The van der Waals surface area contributed by atoms with Crippen LogP contribution in [0.2, 0.25) is 0 Å². The Bertz CT molecular complexity index is 819. The molecular formula is C15H12N4O2. The molecule has 0 spiro atoms. The molecule has 1 aromatic carbocycles. The average Bonchev–Trinajstić information content (AvgIpc) is 2.53. The van der Waals surface area contributed by atoms with Gasteiger partial charge in [0.1, 0.15) is 5.69 Å². The van der Waals surface area contributed by atoms with E-state index in [1.54, 1.807) is 42.5 Å². The van der Waals surface area contributed by atoms with Gasteiger partial charge in [-0.05, 0) is 24.3 Å². The van der Waals surface area contributed by atoms with Gasteiger partial charge in [-0.1, -0.05) is 12.1 Å². The van der Waals surface area contributed by atoms with Crippen LogP contribution >= 0.6 is 0 Å². The zero-order valence-corrected chi connectivity index (χ0v) is 11.3. The Morgan fingerprint density at radius 2 is 1.95 bits per heavy atom. The highest BCUT2D eigenvalue weighted by molar-refractivity contribution is 5.81. The van der Waals surface area contributed by atoms with Crippen LogP contribution in [0, 0.1) is 10.1 Å². The number of rotatable bonds is 3. The topological polar surface area (TPSA) is 72.2 Å². The second-order valence-corrected chi connectivity index (χ2v) is 4.55. The molecule has 2 aromatic heterocycles. The van der Waals surface area contributed by atoms with Gasteiger partial charge in [0.25, 0.3) is 5.69 Å². The number of nitro groups is 1. The summed E-state index contributed by atoms with van der Waals surface area (Å²) < 4.78 is 0. The molecule has 0 saturated carbocycles. The van der Waals surface area contributed by atoms with Gasteiger partial charge >= 0.3 is 0 Å². The van der Waals surface area contributed by atoms with E-state index < -0.39 is 0 Å². The molecule has 0 aliphatic heterocycles. The maximum atomic E-state index is 11.1. The van der Waals surface area contributed by atoms with E-state index in [1.807, 2.05) is 18.2 Å². The Hall–Kier alpha value is -3.02. The Kier molecular flexibility index (Phi) is 3.19. The summed E-state index contributed by atoms with van der Waals surface area (Å²) in [5, 5.41) is 12.0. The molecule has 6 nitrogen and oxygen atoms in total. The van der Waals surface area contributed by atoms with Crippen molar-refractivity contribution in [3.05, 3.63) is 65.0 Å². The molecule has 0 saturated heterocycles. The van der Waals surface area contributed by atoms with E-state index >= 15 is 0 Å². The van der Waals surface area contributed by atoms with Crippen molar-refractivity contribution < 1.29 is 4.92 Å². The number of nitro benzene ring substituents is 1. The molecule has 6 heteroatoms. The predicted molar refractivity (Wildman–Crippen MR) is 80.7 cm³/mol. The second-order valence-electron chi connectivity index (χ2n) is 4.55. The smallest absolute Gasteiger partial charge is 0.292 e. The van der Waals surface area contributed by atoms with Gasteiger partial charge in [-0.15, -0.1) is 0 Å². The van der Waals surface area contributed by atoms with Crippen LogP contribution in [0.25, 0.3) is 11.0 Å².